The zero-order valence-electron chi connectivity index (χ0n) is 11.7. The van der Waals surface area contributed by atoms with Crippen LogP contribution in [0.25, 0.3) is 11.0 Å². The van der Waals surface area contributed by atoms with Crippen molar-refractivity contribution in [2.24, 2.45) is 0 Å². The topological polar surface area (TPSA) is 97.0 Å². The summed E-state index contributed by atoms with van der Waals surface area (Å²) < 4.78 is 4.96. The van der Waals surface area contributed by atoms with Gasteiger partial charge in [-0.3, -0.25) is 14.6 Å². The summed E-state index contributed by atoms with van der Waals surface area (Å²) in [6.45, 7) is 1.28. The molecule has 0 aromatic carbocycles. The van der Waals surface area contributed by atoms with Gasteiger partial charge in [-0.15, -0.1) is 0 Å². The molecule has 0 unspecified atom stereocenters. The van der Waals surface area contributed by atoms with Crippen LogP contribution >= 0.6 is 0 Å². The lowest BCUT2D eigenvalue weighted by Crippen LogP contribution is -2.16. The standard InChI is InChI=1S/C14H16N4O3/c1-21-6-2-5-15-14-17-12-11(13(20)18-14)8-3-4-10(19)9(8)7-16-12/h7H,2-6H2,1H3,(H2,15,16,17,18,20). The van der Waals surface area contributed by atoms with Crippen molar-refractivity contribution in [2.45, 2.75) is 19.3 Å². The number of nitrogens with zero attached hydrogens (tertiary/aromatic N) is 2. The molecule has 0 radical (unpaired) electrons. The second-order valence-corrected chi connectivity index (χ2v) is 4.96. The first kappa shape index (κ1) is 13.7. The molecule has 1 aliphatic rings. The van der Waals surface area contributed by atoms with Gasteiger partial charge in [0.1, 0.15) is 0 Å². The molecule has 0 fully saturated rings. The van der Waals surface area contributed by atoms with Gasteiger partial charge in [0.25, 0.3) is 5.56 Å². The molecule has 2 N–H and O–H groups in total. The van der Waals surface area contributed by atoms with E-state index in [9.17, 15) is 9.59 Å². The Labute approximate surface area is 120 Å². The van der Waals surface area contributed by atoms with Crippen LogP contribution in [0.1, 0.15) is 28.8 Å². The minimum absolute atomic E-state index is 0.0422. The molecule has 2 aromatic heterocycles. The molecule has 3 rings (SSSR count). The number of ether oxygens (including phenoxy) is 1. The number of aryl methyl sites for hydroxylation is 1. The number of ketones is 1. The van der Waals surface area contributed by atoms with Crippen molar-refractivity contribution in [3.8, 4) is 0 Å². The molecular formula is C14H16N4O3. The summed E-state index contributed by atoms with van der Waals surface area (Å²) in [5.74, 6) is 0.431. The molecule has 21 heavy (non-hydrogen) atoms. The number of aromatic nitrogens is 3. The lowest BCUT2D eigenvalue weighted by atomic mass is 10.1. The van der Waals surface area contributed by atoms with Gasteiger partial charge in [-0.1, -0.05) is 0 Å². The number of hydrogen-bond donors (Lipinski definition) is 2. The minimum Gasteiger partial charge on any atom is -0.385 e. The number of H-pyrrole nitrogens is 1. The number of anilines is 1. The summed E-state index contributed by atoms with van der Waals surface area (Å²) in [6.07, 6.45) is 3.35. The highest BCUT2D eigenvalue weighted by atomic mass is 16.5. The van der Waals surface area contributed by atoms with E-state index in [-0.39, 0.29) is 11.3 Å². The SMILES string of the molecule is COCCCNc1nc2ncc3c(c2c(=O)[nH]1)CCC3=O. The van der Waals surface area contributed by atoms with Crippen LogP contribution in [0.5, 0.6) is 0 Å². The van der Waals surface area contributed by atoms with E-state index in [1.807, 2.05) is 0 Å². The van der Waals surface area contributed by atoms with E-state index < -0.39 is 0 Å². The Bertz CT molecular complexity index is 754. The summed E-state index contributed by atoms with van der Waals surface area (Å²) >= 11 is 0. The summed E-state index contributed by atoms with van der Waals surface area (Å²) in [5, 5.41) is 3.47. The van der Waals surface area contributed by atoms with Crippen LogP contribution < -0.4 is 10.9 Å². The fraction of sp³-hybridized carbons (Fsp3) is 0.429. The zero-order chi connectivity index (χ0) is 14.8. The minimum atomic E-state index is -0.256. The molecule has 0 amide bonds. The highest BCUT2D eigenvalue weighted by Gasteiger charge is 2.24. The third-order valence-electron chi connectivity index (χ3n) is 3.56. The van der Waals surface area contributed by atoms with Crippen LogP contribution in [-0.2, 0) is 11.2 Å². The normalized spacial score (nSPS) is 13.7. The highest BCUT2D eigenvalue weighted by molar-refractivity contribution is 6.04. The van der Waals surface area contributed by atoms with Crippen LogP contribution in [0.2, 0.25) is 0 Å². The van der Waals surface area contributed by atoms with E-state index in [0.717, 1.165) is 12.0 Å². The molecule has 7 nitrogen and oxygen atoms in total. The Morgan fingerprint density at radius 3 is 3.05 bits per heavy atom. The predicted molar refractivity (Wildman–Crippen MR) is 77.8 cm³/mol. The number of aromatic amines is 1. The highest BCUT2D eigenvalue weighted by Crippen LogP contribution is 2.25. The Balaban J connectivity index is 1.95. The molecule has 2 heterocycles. The first-order valence-electron chi connectivity index (χ1n) is 6.88. The third kappa shape index (κ3) is 2.52. The second kappa shape index (κ2) is 5.61. The number of carbonyl (C=O) groups is 1. The van der Waals surface area contributed by atoms with E-state index in [1.165, 1.54) is 6.20 Å². The van der Waals surface area contributed by atoms with Crippen molar-refractivity contribution in [1.82, 2.24) is 15.0 Å². The third-order valence-corrected chi connectivity index (χ3v) is 3.56. The summed E-state index contributed by atoms with van der Waals surface area (Å²) in [7, 11) is 1.64. The fourth-order valence-corrected chi connectivity index (χ4v) is 2.55. The average molecular weight is 288 g/mol. The number of fused-ring (bicyclic) bond motifs is 3. The van der Waals surface area contributed by atoms with Crippen molar-refractivity contribution in [3.63, 3.8) is 0 Å². The second-order valence-electron chi connectivity index (χ2n) is 4.96. The Morgan fingerprint density at radius 1 is 1.38 bits per heavy atom. The van der Waals surface area contributed by atoms with E-state index >= 15 is 0 Å². The summed E-state index contributed by atoms with van der Waals surface area (Å²) in [6, 6.07) is 0. The van der Waals surface area contributed by atoms with Crippen molar-refractivity contribution in [2.75, 3.05) is 25.6 Å². The van der Waals surface area contributed by atoms with Gasteiger partial charge in [-0.2, -0.15) is 4.98 Å². The molecule has 110 valence electrons. The first-order valence-corrected chi connectivity index (χ1v) is 6.88. The molecule has 2 aromatic rings. The maximum atomic E-state index is 12.2. The molecule has 0 saturated heterocycles. The van der Waals surface area contributed by atoms with Crippen LogP contribution in [0.3, 0.4) is 0 Å². The molecule has 7 heteroatoms. The molecule has 0 bridgehead atoms. The van der Waals surface area contributed by atoms with Gasteiger partial charge in [-0.05, 0) is 18.4 Å². The van der Waals surface area contributed by atoms with E-state index in [4.69, 9.17) is 4.74 Å². The van der Waals surface area contributed by atoms with Crippen molar-refractivity contribution < 1.29 is 9.53 Å². The largest absolute Gasteiger partial charge is 0.385 e. The molecule has 1 aliphatic carbocycles. The zero-order valence-corrected chi connectivity index (χ0v) is 11.7. The average Bonchev–Trinajstić information content (AvgIpc) is 2.85. The smallest absolute Gasteiger partial charge is 0.262 e. The molecular weight excluding hydrogens is 272 g/mol. The number of Topliss-reactive ketones (excluding diaryl/α,β-unsaturated/α-hetero) is 1. The number of methoxy groups -OCH3 is 1. The first-order chi connectivity index (χ1) is 10.2. The Morgan fingerprint density at radius 2 is 2.24 bits per heavy atom. The van der Waals surface area contributed by atoms with Gasteiger partial charge in [0.2, 0.25) is 5.95 Å². The Kier molecular flexibility index (Phi) is 3.66. The van der Waals surface area contributed by atoms with Gasteiger partial charge in [0.15, 0.2) is 11.4 Å². The van der Waals surface area contributed by atoms with Gasteiger partial charge < -0.3 is 10.1 Å². The maximum Gasteiger partial charge on any atom is 0.262 e. The van der Waals surface area contributed by atoms with Gasteiger partial charge >= 0.3 is 0 Å². The summed E-state index contributed by atoms with van der Waals surface area (Å²) in [5.41, 5.74) is 1.44. The molecule has 0 saturated carbocycles. The lowest BCUT2D eigenvalue weighted by molar-refractivity contribution is 0.0994. The van der Waals surface area contributed by atoms with Crippen molar-refractivity contribution in [1.29, 1.82) is 0 Å². The van der Waals surface area contributed by atoms with E-state index in [1.54, 1.807) is 7.11 Å². The van der Waals surface area contributed by atoms with Gasteiger partial charge in [0, 0.05) is 38.4 Å². The van der Waals surface area contributed by atoms with Crippen molar-refractivity contribution in [3.05, 3.63) is 27.7 Å². The van der Waals surface area contributed by atoms with Gasteiger partial charge in [-0.25, -0.2) is 4.98 Å². The van der Waals surface area contributed by atoms with Crippen LogP contribution in [0, 0.1) is 0 Å². The molecule has 0 atom stereocenters. The van der Waals surface area contributed by atoms with Gasteiger partial charge in [0.05, 0.1) is 5.39 Å². The van der Waals surface area contributed by atoms with Crippen LogP contribution in [-0.4, -0.2) is 41.0 Å². The van der Waals surface area contributed by atoms with E-state index in [2.05, 4.69) is 20.3 Å². The monoisotopic (exact) mass is 288 g/mol. The fourth-order valence-electron chi connectivity index (χ4n) is 2.55. The summed E-state index contributed by atoms with van der Waals surface area (Å²) in [4.78, 5) is 35.1. The number of nitrogens with one attached hydrogen (secondary N) is 2. The number of rotatable bonds is 5. The lowest BCUT2D eigenvalue weighted by Gasteiger charge is -2.07. The molecule has 0 spiro atoms. The number of carbonyl (C=O) groups excluding carboxylic acids is 1. The number of hydrogen-bond acceptors (Lipinski definition) is 6. The van der Waals surface area contributed by atoms with Crippen molar-refractivity contribution >= 4 is 22.8 Å². The number of pyridine rings is 1. The quantitative estimate of drug-likeness (QED) is 0.793. The molecule has 0 aliphatic heterocycles. The predicted octanol–water partition coefficient (Wildman–Crippen LogP) is 0.895. The van der Waals surface area contributed by atoms with Crippen LogP contribution in [0.15, 0.2) is 11.0 Å². The van der Waals surface area contributed by atoms with E-state index in [0.29, 0.717) is 48.5 Å². The maximum absolute atomic E-state index is 12.2. The van der Waals surface area contributed by atoms with Crippen LogP contribution in [0.4, 0.5) is 5.95 Å². The Hall–Kier alpha value is -2.28.